The normalized spacial score (nSPS) is 17.0. The quantitative estimate of drug-likeness (QED) is 0.247. The Hall–Kier alpha value is -3.75. The number of hydrogen-bond acceptors (Lipinski definition) is 3. The van der Waals surface area contributed by atoms with Crippen LogP contribution in [-0.2, 0) is 4.79 Å². The summed E-state index contributed by atoms with van der Waals surface area (Å²) in [6.45, 7) is 7.69. The largest absolute Gasteiger partial charge is 0.351 e. The van der Waals surface area contributed by atoms with Crippen LogP contribution in [0, 0.1) is 25.6 Å². The van der Waals surface area contributed by atoms with Gasteiger partial charge in [-0.15, -0.1) is 0 Å². The third-order valence-corrected chi connectivity index (χ3v) is 7.59. The van der Waals surface area contributed by atoms with E-state index in [1.165, 1.54) is 12.1 Å². The Morgan fingerprint density at radius 2 is 1.87 bits per heavy atom. The highest BCUT2D eigenvalue weighted by molar-refractivity contribution is 7.80. The smallest absolute Gasteiger partial charge is 0.226 e. The van der Waals surface area contributed by atoms with Gasteiger partial charge in [0.05, 0.1) is 28.5 Å². The molecule has 2 aromatic heterocycles. The van der Waals surface area contributed by atoms with E-state index >= 15 is 0 Å². The van der Waals surface area contributed by atoms with Gasteiger partial charge in [-0.05, 0) is 86.2 Å². The van der Waals surface area contributed by atoms with Crippen molar-refractivity contribution < 1.29 is 9.18 Å². The van der Waals surface area contributed by atoms with Crippen LogP contribution >= 0.6 is 23.8 Å². The molecule has 0 unspecified atom stereocenters. The van der Waals surface area contributed by atoms with Gasteiger partial charge >= 0.3 is 0 Å². The molecular formula is C30H29ClFN5OS. The Bertz CT molecular complexity index is 1550. The second-order valence-corrected chi connectivity index (χ2v) is 10.7. The highest BCUT2D eigenvalue weighted by Crippen LogP contribution is 2.44. The number of thiocarbonyl (C=S) groups is 1. The fraction of sp³-hybridized carbons (Fsp3) is 0.233. The highest BCUT2D eigenvalue weighted by Gasteiger charge is 2.42. The second-order valence-electron chi connectivity index (χ2n) is 9.95. The second kappa shape index (κ2) is 10.8. The maximum absolute atomic E-state index is 14.1. The first-order valence-corrected chi connectivity index (χ1v) is 13.5. The first-order chi connectivity index (χ1) is 18.7. The van der Waals surface area contributed by atoms with Gasteiger partial charge < -0.3 is 20.1 Å². The topological polar surface area (TPSA) is 62.2 Å². The van der Waals surface area contributed by atoms with Crippen LogP contribution in [0.2, 0.25) is 5.02 Å². The molecule has 0 aliphatic carbocycles. The molecule has 3 heterocycles. The summed E-state index contributed by atoms with van der Waals surface area (Å²) in [5, 5.41) is 7.28. The Balaban J connectivity index is 1.62. The minimum Gasteiger partial charge on any atom is -0.351 e. The van der Waals surface area contributed by atoms with E-state index in [4.69, 9.17) is 23.8 Å². The highest BCUT2D eigenvalue weighted by atomic mass is 35.5. The molecule has 1 aliphatic rings. The van der Waals surface area contributed by atoms with Gasteiger partial charge in [0, 0.05) is 34.9 Å². The molecule has 1 aliphatic heterocycles. The number of nitrogens with one attached hydrogen (secondary N) is 2. The van der Waals surface area contributed by atoms with E-state index < -0.39 is 0 Å². The SMILES string of the molecule is Cc1cc([C@H]2[C@@H](c3ccccn3)NC(=S)N2c2ccc(NC(=O)C(C)C)c(Cl)c2)c(C)n1-c1cccc(F)c1. The summed E-state index contributed by atoms with van der Waals surface area (Å²) >= 11 is 12.5. The number of halogens is 2. The number of carbonyl (C=O) groups excluding carboxylic acids is 1. The Kier molecular flexibility index (Phi) is 7.42. The van der Waals surface area contributed by atoms with Crippen LogP contribution in [0.4, 0.5) is 15.8 Å². The lowest BCUT2D eigenvalue weighted by Crippen LogP contribution is -2.29. The van der Waals surface area contributed by atoms with Crippen molar-refractivity contribution in [2.75, 3.05) is 10.2 Å². The first kappa shape index (κ1) is 26.8. The van der Waals surface area contributed by atoms with Gasteiger partial charge in [-0.25, -0.2) is 4.39 Å². The van der Waals surface area contributed by atoms with Crippen molar-refractivity contribution in [3.63, 3.8) is 0 Å². The number of amides is 1. The molecule has 2 atom stereocenters. The van der Waals surface area contributed by atoms with Crippen LogP contribution in [0.25, 0.3) is 5.69 Å². The number of benzene rings is 2. The molecule has 1 saturated heterocycles. The van der Waals surface area contributed by atoms with Gasteiger partial charge in [-0.2, -0.15) is 0 Å². The molecule has 39 heavy (non-hydrogen) atoms. The third-order valence-electron chi connectivity index (χ3n) is 6.97. The zero-order chi connectivity index (χ0) is 27.8. The number of aromatic nitrogens is 2. The van der Waals surface area contributed by atoms with Crippen LogP contribution in [0.3, 0.4) is 0 Å². The number of anilines is 2. The number of hydrogen-bond donors (Lipinski definition) is 2. The van der Waals surface area contributed by atoms with E-state index in [1.54, 1.807) is 18.3 Å². The molecule has 2 aromatic carbocycles. The predicted molar refractivity (Wildman–Crippen MR) is 158 cm³/mol. The summed E-state index contributed by atoms with van der Waals surface area (Å²) in [7, 11) is 0. The molecular weight excluding hydrogens is 533 g/mol. The fourth-order valence-electron chi connectivity index (χ4n) is 5.08. The van der Waals surface area contributed by atoms with Gasteiger partial charge in [-0.1, -0.05) is 37.6 Å². The Morgan fingerprint density at radius 3 is 2.54 bits per heavy atom. The van der Waals surface area contributed by atoms with Crippen LogP contribution in [0.5, 0.6) is 0 Å². The van der Waals surface area contributed by atoms with Crippen LogP contribution in [0.1, 0.15) is 48.6 Å². The van der Waals surface area contributed by atoms with E-state index in [0.717, 1.165) is 34.0 Å². The summed E-state index contributed by atoms with van der Waals surface area (Å²) in [6.07, 6.45) is 1.76. The molecule has 200 valence electrons. The Morgan fingerprint density at radius 1 is 1.08 bits per heavy atom. The molecule has 9 heteroatoms. The van der Waals surface area contributed by atoms with Gasteiger partial charge in [-0.3, -0.25) is 9.78 Å². The van der Waals surface area contributed by atoms with E-state index in [0.29, 0.717) is 15.8 Å². The molecule has 2 N–H and O–H groups in total. The molecule has 0 saturated carbocycles. The molecule has 0 bridgehead atoms. The molecule has 4 aromatic rings. The van der Waals surface area contributed by atoms with E-state index in [2.05, 4.69) is 21.7 Å². The van der Waals surface area contributed by atoms with Crippen molar-refractivity contribution in [3.05, 3.63) is 106 Å². The summed E-state index contributed by atoms with van der Waals surface area (Å²) in [5.74, 6) is -0.577. The van der Waals surface area contributed by atoms with E-state index in [-0.39, 0.29) is 29.7 Å². The summed E-state index contributed by atoms with van der Waals surface area (Å²) in [4.78, 5) is 18.9. The minimum atomic E-state index is -0.294. The van der Waals surface area contributed by atoms with Crippen molar-refractivity contribution in [1.29, 1.82) is 0 Å². The average Bonchev–Trinajstić information content (AvgIpc) is 3.40. The number of pyridine rings is 1. The summed E-state index contributed by atoms with van der Waals surface area (Å²) < 4.78 is 16.2. The molecule has 5 rings (SSSR count). The Labute approximate surface area is 237 Å². The van der Waals surface area contributed by atoms with E-state index in [1.807, 2.05) is 73.6 Å². The number of nitrogens with zero attached hydrogens (tertiary/aromatic N) is 3. The lowest BCUT2D eigenvalue weighted by molar-refractivity contribution is -0.118. The molecule has 6 nitrogen and oxygen atoms in total. The zero-order valence-electron chi connectivity index (χ0n) is 22.1. The zero-order valence-corrected chi connectivity index (χ0v) is 23.6. The monoisotopic (exact) mass is 561 g/mol. The van der Waals surface area contributed by atoms with E-state index in [9.17, 15) is 9.18 Å². The maximum Gasteiger partial charge on any atom is 0.226 e. The van der Waals surface area contributed by atoms with Crippen molar-refractivity contribution in [2.24, 2.45) is 5.92 Å². The summed E-state index contributed by atoms with van der Waals surface area (Å²) in [6, 6.07) is 19.5. The molecule has 1 fully saturated rings. The first-order valence-electron chi connectivity index (χ1n) is 12.7. The molecule has 0 radical (unpaired) electrons. The minimum absolute atomic E-state index is 0.110. The average molecular weight is 562 g/mol. The number of aryl methyl sites for hydroxylation is 1. The predicted octanol–water partition coefficient (Wildman–Crippen LogP) is 7.05. The molecule has 1 amide bonds. The van der Waals surface area contributed by atoms with Crippen LogP contribution < -0.4 is 15.5 Å². The number of carbonyl (C=O) groups is 1. The summed E-state index contributed by atoms with van der Waals surface area (Å²) in [5.41, 5.74) is 5.86. The van der Waals surface area contributed by atoms with Crippen molar-refractivity contribution in [3.8, 4) is 5.69 Å². The van der Waals surface area contributed by atoms with Gasteiger partial charge in [0.25, 0.3) is 0 Å². The van der Waals surface area contributed by atoms with Crippen molar-refractivity contribution in [2.45, 2.75) is 39.8 Å². The van der Waals surface area contributed by atoms with Crippen molar-refractivity contribution in [1.82, 2.24) is 14.9 Å². The van der Waals surface area contributed by atoms with Crippen LogP contribution in [0.15, 0.2) is 72.9 Å². The van der Waals surface area contributed by atoms with Crippen LogP contribution in [-0.4, -0.2) is 20.6 Å². The third kappa shape index (κ3) is 5.14. The van der Waals surface area contributed by atoms with Gasteiger partial charge in [0.2, 0.25) is 5.91 Å². The van der Waals surface area contributed by atoms with Gasteiger partial charge in [0.1, 0.15) is 5.82 Å². The van der Waals surface area contributed by atoms with Gasteiger partial charge in [0.15, 0.2) is 5.11 Å². The van der Waals surface area contributed by atoms with Crippen molar-refractivity contribution >= 4 is 46.2 Å². The lowest BCUT2D eigenvalue weighted by atomic mass is 9.96. The molecule has 0 spiro atoms. The maximum atomic E-state index is 14.1. The lowest BCUT2D eigenvalue weighted by Gasteiger charge is -2.28. The number of rotatable bonds is 6. The fourth-order valence-corrected chi connectivity index (χ4v) is 5.65. The standard InChI is InChI=1S/C30H29ClFN5OS/c1-17(2)29(38)34-25-12-11-22(16-24(25)31)37-28(27(35-30(37)39)26-10-5-6-13-33-26)23-14-18(3)36(19(23)4)21-9-7-8-20(32)15-21/h5-17,27-28H,1-4H3,(H,34,38)(H,35,39)/t27-,28+/m1/s1.